The Morgan fingerprint density at radius 1 is 0.522 bits per heavy atom. The number of aliphatic hydroxyl groups is 1. The van der Waals surface area contributed by atoms with E-state index in [0.717, 1.165) is 34.2 Å². The Morgan fingerprint density at radius 3 is 1.79 bits per heavy atom. The smallest absolute Gasteiger partial charge is 0.165 e. The van der Waals surface area contributed by atoms with E-state index in [9.17, 15) is 25.5 Å². The number of hydrogen-bond donors (Lipinski definition) is 5. The van der Waals surface area contributed by atoms with Gasteiger partial charge in [-0.1, -0.05) is 56.3 Å². The van der Waals surface area contributed by atoms with Crippen LogP contribution in [0.1, 0.15) is 105 Å². The van der Waals surface area contributed by atoms with Crippen molar-refractivity contribution >= 4 is 51.2 Å². The number of aromatic hydroxyl groups is 4. The maximum atomic E-state index is 12.9. The number of aliphatic hydroxyl groups excluding tert-OH is 1. The highest BCUT2D eigenvalue weighted by Crippen LogP contribution is 2.62. The van der Waals surface area contributed by atoms with Crippen LogP contribution in [-0.4, -0.2) is 39.5 Å². The SMILES string of the molecule is [B]c1c(OP)cc(OP)c2c1OC(c1ccc(OP)c(OP)c1)C(O)C2c1c(O)cc(O)c2c1OC(c1ccc(O)c(O)c1)C(C)C2c1ccc(C)c2c1OC(c1ccc(C)c(C)c1)C(C)C2. The van der Waals surface area contributed by atoms with Gasteiger partial charge in [-0.05, 0) is 95.9 Å². The van der Waals surface area contributed by atoms with Crippen molar-refractivity contribution in [2.75, 3.05) is 0 Å². The van der Waals surface area contributed by atoms with E-state index >= 15 is 0 Å². The first-order valence-electron chi connectivity index (χ1n) is 21.7. The zero-order chi connectivity index (χ0) is 47.7. The number of rotatable bonds is 9. The maximum absolute atomic E-state index is 12.9. The highest BCUT2D eigenvalue weighted by molar-refractivity contribution is 7.11. The molecule has 3 aliphatic heterocycles. The number of fused-ring (bicyclic) bond motifs is 3. The Labute approximate surface area is 399 Å². The number of hydrogen-bond acceptors (Lipinski definition) is 12. The first-order chi connectivity index (χ1) is 32.1. The molecule has 6 aromatic carbocycles. The second kappa shape index (κ2) is 18.4. The standard InChI is InChI=1S/C50H51BO12P4/c1-20-6-8-25(14-22(20)3)45-23(4)15-29-21(2)7-11-28(48(29)57-45)38-24(5)46(26-9-12-30(52)31(53)16-26)58-49-39(38)32(54)18-33(55)40(49)42-41-36(62-66)19-37(63-67)43(51)50(41)59-47(44(42)56)27-10-13-34(60-64)35(17-27)61-65/h6-14,16-19,23-24,38,42,44-47,52-56H,15,64-67H2,1-5H3. The summed E-state index contributed by atoms with van der Waals surface area (Å²) in [7, 11) is 15.6. The first kappa shape index (κ1) is 47.0. The topological polar surface area (TPSA) is 166 Å². The minimum Gasteiger partial charge on any atom is -0.507 e. The van der Waals surface area contributed by atoms with Gasteiger partial charge in [-0.3, -0.25) is 0 Å². The summed E-state index contributed by atoms with van der Waals surface area (Å²) in [5.41, 5.74) is 7.99. The fourth-order valence-corrected chi connectivity index (χ4v) is 11.0. The molecule has 12 unspecified atom stereocenters. The van der Waals surface area contributed by atoms with Crippen molar-refractivity contribution in [2.45, 2.75) is 77.3 Å². The molecule has 17 heteroatoms. The van der Waals surface area contributed by atoms with Crippen molar-refractivity contribution < 1.29 is 57.8 Å². The molecule has 0 bridgehead atoms. The second-order valence-corrected chi connectivity index (χ2v) is 18.7. The monoisotopic (exact) mass is 978 g/mol. The molecule has 12 atom stereocenters. The van der Waals surface area contributed by atoms with Crippen molar-refractivity contribution in [3.05, 3.63) is 140 Å². The summed E-state index contributed by atoms with van der Waals surface area (Å²) in [6.45, 7) is 10.4. The Bertz CT molecular complexity index is 2930. The van der Waals surface area contributed by atoms with Crippen LogP contribution in [0.2, 0.25) is 0 Å². The summed E-state index contributed by atoms with van der Waals surface area (Å²) >= 11 is 0. The molecule has 0 spiro atoms. The third-order valence-corrected chi connectivity index (χ3v) is 14.8. The van der Waals surface area contributed by atoms with Gasteiger partial charge in [0, 0.05) is 52.1 Å². The van der Waals surface area contributed by atoms with Gasteiger partial charge in [-0.2, -0.15) is 0 Å². The van der Waals surface area contributed by atoms with Gasteiger partial charge in [0.1, 0.15) is 66.4 Å². The Hall–Kier alpha value is -5.14. The third-order valence-electron chi connectivity index (χ3n) is 13.8. The van der Waals surface area contributed by atoms with Crippen LogP contribution < -0.4 is 37.8 Å². The highest BCUT2D eigenvalue weighted by atomic mass is 31.0. The molecule has 0 amide bonds. The van der Waals surface area contributed by atoms with Crippen LogP contribution >= 0.6 is 37.9 Å². The summed E-state index contributed by atoms with van der Waals surface area (Å²) in [6.07, 6.45) is -3.10. The molecule has 0 aromatic heterocycles. The third kappa shape index (κ3) is 7.95. The van der Waals surface area contributed by atoms with Gasteiger partial charge in [-0.15, -0.1) is 0 Å². The lowest BCUT2D eigenvalue weighted by Crippen LogP contribution is -2.38. The predicted molar refractivity (Wildman–Crippen MR) is 268 cm³/mol. The van der Waals surface area contributed by atoms with Gasteiger partial charge in [-0.25, -0.2) is 0 Å². The zero-order valence-electron chi connectivity index (χ0n) is 37.3. The molecular weight excluding hydrogens is 927 g/mol. The molecule has 6 aromatic rings. The molecule has 0 saturated heterocycles. The van der Waals surface area contributed by atoms with Crippen LogP contribution in [0.5, 0.6) is 63.2 Å². The van der Waals surface area contributed by atoms with E-state index in [-0.39, 0.29) is 68.9 Å². The van der Waals surface area contributed by atoms with Gasteiger partial charge in [0.2, 0.25) is 0 Å². The molecule has 2 radical (unpaired) electrons. The highest BCUT2D eigenvalue weighted by Gasteiger charge is 2.50. The zero-order valence-corrected chi connectivity index (χ0v) is 41.9. The summed E-state index contributed by atoms with van der Waals surface area (Å²) in [4.78, 5) is 0. The Kier molecular flexibility index (Phi) is 12.9. The molecular formula is C50H51BO12P4. The number of ether oxygens (including phenoxy) is 3. The molecule has 5 N–H and O–H groups in total. The van der Waals surface area contributed by atoms with Gasteiger partial charge in [0.15, 0.2) is 29.1 Å². The molecule has 3 aliphatic rings. The molecule has 12 nitrogen and oxygen atoms in total. The fourth-order valence-electron chi connectivity index (χ4n) is 10.3. The van der Waals surface area contributed by atoms with Crippen molar-refractivity contribution in [3.8, 4) is 63.2 Å². The summed E-state index contributed by atoms with van der Waals surface area (Å²) < 4.78 is 43.4. The first-order valence-corrected chi connectivity index (χ1v) is 23.5. The second-order valence-electron chi connectivity index (χ2n) is 17.8. The van der Waals surface area contributed by atoms with Crippen molar-refractivity contribution in [2.24, 2.45) is 11.8 Å². The van der Waals surface area contributed by atoms with Gasteiger partial charge in [0.05, 0.1) is 43.8 Å². The quantitative estimate of drug-likeness (QED) is 0.0530. The molecule has 0 aliphatic carbocycles. The van der Waals surface area contributed by atoms with Gasteiger partial charge < -0.3 is 57.8 Å². The lowest BCUT2D eigenvalue weighted by Gasteiger charge is -2.44. The number of phenols is 4. The van der Waals surface area contributed by atoms with E-state index in [4.69, 9.17) is 40.2 Å². The van der Waals surface area contributed by atoms with Crippen molar-refractivity contribution in [3.63, 3.8) is 0 Å². The minimum atomic E-state index is -1.50. The normalized spacial score (nSPS) is 22.8. The van der Waals surface area contributed by atoms with Crippen LogP contribution in [0.3, 0.4) is 0 Å². The van der Waals surface area contributed by atoms with Crippen molar-refractivity contribution in [1.29, 1.82) is 0 Å². The fraction of sp³-hybridized carbons (Fsp3) is 0.280. The van der Waals surface area contributed by atoms with Crippen LogP contribution in [0, 0.1) is 32.6 Å². The lowest BCUT2D eigenvalue weighted by molar-refractivity contribution is 0.00655. The summed E-state index contributed by atoms with van der Waals surface area (Å²) in [6, 6.07) is 22.8. The van der Waals surface area contributed by atoms with Crippen LogP contribution in [0.4, 0.5) is 0 Å². The van der Waals surface area contributed by atoms with Crippen LogP contribution in [-0.2, 0) is 6.42 Å². The number of aryl methyl sites for hydroxylation is 3. The summed E-state index contributed by atoms with van der Waals surface area (Å²) in [5, 5.41) is 59.0. The van der Waals surface area contributed by atoms with E-state index < -0.39 is 41.8 Å². The number of phenolic OH excluding ortho intramolecular Hbond substituents is 4. The Balaban J connectivity index is 1.31. The van der Waals surface area contributed by atoms with E-state index in [1.54, 1.807) is 30.3 Å². The summed E-state index contributed by atoms with van der Waals surface area (Å²) in [5.74, 6) is -1.65. The molecule has 9 rings (SSSR count). The largest absolute Gasteiger partial charge is 0.507 e. The molecule has 346 valence electrons. The van der Waals surface area contributed by atoms with Gasteiger partial charge >= 0.3 is 0 Å². The Morgan fingerprint density at radius 2 is 1.12 bits per heavy atom. The van der Waals surface area contributed by atoms with E-state index in [1.165, 1.54) is 23.8 Å². The minimum absolute atomic E-state index is 0.0680. The van der Waals surface area contributed by atoms with E-state index in [2.05, 4.69) is 89.8 Å². The van der Waals surface area contributed by atoms with Gasteiger partial charge in [0.25, 0.3) is 0 Å². The van der Waals surface area contributed by atoms with Crippen LogP contribution in [0.25, 0.3) is 0 Å². The van der Waals surface area contributed by atoms with E-state index in [0.29, 0.717) is 33.9 Å². The van der Waals surface area contributed by atoms with E-state index in [1.807, 2.05) is 13.0 Å². The number of benzene rings is 6. The maximum Gasteiger partial charge on any atom is 0.165 e. The van der Waals surface area contributed by atoms with Crippen molar-refractivity contribution in [1.82, 2.24) is 0 Å². The molecule has 67 heavy (non-hydrogen) atoms. The average molecular weight is 979 g/mol. The molecule has 3 heterocycles. The lowest BCUT2D eigenvalue weighted by atomic mass is 9.70. The average Bonchev–Trinajstić information content (AvgIpc) is 3.31. The predicted octanol–water partition coefficient (Wildman–Crippen LogP) is 9.74. The molecule has 0 saturated carbocycles. The van der Waals surface area contributed by atoms with Crippen LogP contribution in [0.15, 0.2) is 78.9 Å². The molecule has 0 fully saturated rings.